The number of hydrogen-bond acceptors (Lipinski definition) is 3. The van der Waals surface area contributed by atoms with Crippen molar-refractivity contribution >= 4 is 22.5 Å². The molecular formula is C19H23F3N2O3. The summed E-state index contributed by atoms with van der Waals surface area (Å²) < 4.78 is 44.8. The number of anilines is 1. The third-order valence-electron chi connectivity index (χ3n) is 5.12. The van der Waals surface area contributed by atoms with Gasteiger partial charge in [0, 0.05) is 24.0 Å². The number of benzene rings is 1. The molecule has 3 N–H and O–H groups in total. The van der Waals surface area contributed by atoms with Crippen molar-refractivity contribution < 1.29 is 27.8 Å². The van der Waals surface area contributed by atoms with Gasteiger partial charge in [-0.15, -0.1) is 0 Å². The number of fused-ring (bicyclic) bond motifs is 1. The molecule has 1 heterocycles. The van der Waals surface area contributed by atoms with Crippen molar-refractivity contribution in [1.29, 1.82) is 0 Å². The van der Waals surface area contributed by atoms with Crippen molar-refractivity contribution in [2.45, 2.75) is 50.8 Å². The highest BCUT2D eigenvalue weighted by Crippen LogP contribution is 2.44. The lowest BCUT2D eigenvalue weighted by Gasteiger charge is -2.38. The molecular weight excluding hydrogens is 361 g/mol. The van der Waals surface area contributed by atoms with Crippen LogP contribution in [-0.2, 0) is 4.79 Å². The van der Waals surface area contributed by atoms with E-state index in [0.29, 0.717) is 30.7 Å². The Bertz CT molecular complexity index is 818. The smallest absolute Gasteiger partial charge is 0.417 e. The number of rotatable bonds is 5. The van der Waals surface area contributed by atoms with Gasteiger partial charge in [0.25, 0.3) is 0 Å². The van der Waals surface area contributed by atoms with Gasteiger partial charge in [-0.2, -0.15) is 13.2 Å². The first-order valence-corrected chi connectivity index (χ1v) is 8.98. The average Bonchev–Trinajstić information content (AvgIpc) is 2.96. The number of amides is 1. The maximum atomic E-state index is 13.0. The SMILES string of the molecule is CC(=O)Nc1c[nH]c2ccc(OCCC3CCCC(O)(C(F)(F)F)C3)cc12. The van der Waals surface area contributed by atoms with Gasteiger partial charge in [0.2, 0.25) is 5.91 Å². The molecule has 1 aliphatic carbocycles. The van der Waals surface area contributed by atoms with E-state index in [-0.39, 0.29) is 31.3 Å². The van der Waals surface area contributed by atoms with Gasteiger partial charge in [0.15, 0.2) is 5.60 Å². The predicted molar refractivity (Wildman–Crippen MR) is 95.7 cm³/mol. The number of aromatic amines is 1. The first kappa shape index (κ1) is 19.5. The fourth-order valence-electron chi connectivity index (χ4n) is 3.69. The molecule has 0 saturated heterocycles. The molecule has 1 aromatic heterocycles. The number of carbonyl (C=O) groups excluding carboxylic acids is 1. The van der Waals surface area contributed by atoms with Gasteiger partial charge in [-0.25, -0.2) is 0 Å². The van der Waals surface area contributed by atoms with E-state index >= 15 is 0 Å². The van der Waals surface area contributed by atoms with Crippen molar-refractivity contribution in [3.05, 3.63) is 24.4 Å². The lowest BCUT2D eigenvalue weighted by atomic mass is 9.76. The van der Waals surface area contributed by atoms with Crippen LogP contribution in [0, 0.1) is 5.92 Å². The van der Waals surface area contributed by atoms with Gasteiger partial charge in [-0.3, -0.25) is 4.79 Å². The van der Waals surface area contributed by atoms with Crippen molar-refractivity contribution in [3.8, 4) is 5.75 Å². The summed E-state index contributed by atoms with van der Waals surface area (Å²) >= 11 is 0. The second-order valence-electron chi connectivity index (χ2n) is 7.22. The zero-order chi connectivity index (χ0) is 19.7. The average molecular weight is 384 g/mol. The number of aromatic nitrogens is 1. The van der Waals surface area contributed by atoms with E-state index in [2.05, 4.69) is 10.3 Å². The number of H-pyrrole nitrogens is 1. The van der Waals surface area contributed by atoms with E-state index in [0.717, 1.165) is 10.9 Å². The fourth-order valence-corrected chi connectivity index (χ4v) is 3.69. The molecule has 1 aromatic carbocycles. The Balaban J connectivity index is 1.59. The summed E-state index contributed by atoms with van der Waals surface area (Å²) in [6.45, 7) is 1.69. The zero-order valence-electron chi connectivity index (χ0n) is 15.0. The number of halogens is 3. The first-order chi connectivity index (χ1) is 12.7. The van der Waals surface area contributed by atoms with Crippen molar-refractivity contribution in [3.63, 3.8) is 0 Å². The highest BCUT2D eigenvalue weighted by atomic mass is 19.4. The summed E-state index contributed by atoms with van der Waals surface area (Å²) in [6.07, 6.45) is -1.95. The molecule has 2 unspecified atom stereocenters. The molecule has 2 atom stereocenters. The van der Waals surface area contributed by atoms with Gasteiger partial charge < -0.3 is 20.1 Å². The van der Waals surface area contributed by atoms with Crippen LogP contribution in [-0.4, -0.2) is 34.4 Å². The van der Waals surface area contributed by atoms with E-state index in [1.807, 2.05) is 6.07 Å². The van der Waals surface area contributed by atoms with Gasteiger partial charge in [0.1, 0.15) is 5.75 Å². The Morgan fingerprint density at radius 3 is 2.93 bits per heavy atom. The summed E-state index contributed by atoms with van der Waals surface area (Å²) in [6, 6.07) is 5.37. The first-order valence-electron chi connectivity index (χ1n) is 8.98. The van der Waals surface area contributed by atoms with Crippen LogP contribution in [0.1, 0.15) is 39.0 Å². The van der Waals surface area contributed by atoms with Crippen LogP contribution in [0.3, 0.4) is 0 Å². The highest BCUT2D eigenvalue weighted by Gasteiger charge is 2.55. The lowest BCUT2D eigenvalue weighted by molar-refractivity contribution is -0.274. The molecule has 0 bridgehead atoms. The lowest BCUT2D eigenvalue weighted by Crippen LogP contribution is -2.48. The van der Waals surface area contributed by atoms with Crippen molar-refractivity contribution in [2.24, 2.45) is 5.92 Å². The van der Waals surface area contributed by atoms with E-state index in [4.69, 9.17) is 4.74 Å². The molecule has 2 aromatic rings. The maximum Gasteiger partial charge on any atom is 0.417 e. The number of alkyl halides is 3. The fraction of sp³-hybridized carbons (Fsp3) is 0.526. The summed E-state index contributed by atoms with van der Waals surface area (Å²) in [5.41, 5.74) is -1.09. The largest absolute Gasteiger partial charge is 0.494 e. The standard InChI is InChI=1S/C19H23F3N2O3/c1-12(25)24-17-11-23-16-5-4-14(9-15(16)17)27-8-6-13-3-2-7-18(26,10-13)19(20,21)22/h4-5,9,11,13,23,26H,2-3,6-8,10H2,1H3,(H,24,25). The Labute approximate surface area is 154 Å². The van der Waals surface area contributed by atoms with E-state index in [9.17, 15) is 23.1 Å². The summed E-state index contributed by atoms with van der Waals surface area (Å²) in [5, 5.41) is 13.4. The number of aliphatic hydroxyl groups is 1. The molecule has 1 fully saturated rings. The van der Waals surface area contributed by atoms with Crippen LogP contribution in [0.15, 0.2) is 24.4 Å². The van der Waals surface area contributed by atoms with Crippen molar-refractivity contribution in [1.82, 2.24) is 4.98 Å². The third-order valence-corrected chi connectivity index (χ3v) is 5.12. The van der Waals surface area contributed by atoms with Crippen LogP contribution in [0.25, 0.3) is 10.9 Å². The Morgan fingerprint density at radius 1 is 1.44 bits per heavy atom. The summed E-state index contributed by atoms with van der Waals surface area (Å²) in [4.78, 5) is 14.3. The van der Waals surface area contributed by atoms with E-state index in [1.54, 1.807) is 18.3 Å². The maximum absolute atomic E-state index is 13.0. The minimum Gasteiger partial charge on any atom is -0.494 e. The zero-order valence-corrected chi connectivity index (χ0v) is 15.0. The second kappa shape index (κ2) is 7.42. The Morgan fingerprint density at radius 2 is 2.22 bits per heavy atom. The minimum atomic E-state index is -4.59. The monoisotopic (exact) mass is 384 g/mol. The van der Waals surface area contributed by atoms with Gasteiger partial charge in [-0.1, -0.05) is 6.42 Å². The number of hydrogen-bond donors (Lipinski definition) is 3. The molecule has 8 heteroatoms. The number of nitrogens with one attached hydrogen (secondary N) is 2. The molecule has 0 aliphatic heterocycles. The summed E-state index contributed by atoms with van der Waals surface area (Å²) in [5.74, 6) is 0.170. The molecule has 1 amide bonds. The van der Waals surface area contributed by atoms with Crippen LogP contribution < -0.4 is 10.1 Å². The summed E-state index contributed by atoms with van der Waals surface area (Å²) in [7, 11) is 0. The Hall–Kier alpha value is -2.22. The molecule has 1 aliphatic rings. The van der Waals surface area contributed by atoms with Crippen LogP contribution in [0.4, 0.5) is 18.9 Å². The second-order valence-corrected chi connectivity index (χ2v) is 7.22. The molecule has 3 rings (SSSR count). The topological polar surface area (TPSA) is 74.4 Å². The molecule has 27 heavy (non-hydrogen) atoms. The van der Waals surface area contributed by atoms with Crippen LogP contribution >= 0.6 is 0 Å². The van der Waals surface area contributed by atoms with E-state index in [1.165, 1.54) is 6.92 Å². The molecule has 0 radical (unpaired) electrons. The normalized spacial score (nSPS) is 23.4. The molecule has 148 valence electrons. The van der Waals surface area contributed by atoms with Crippen LogP contribution in [0.5, 0.6) is 5.75 Å². The third kappa shape index (κ3) is 4.37. The molecule has 1 saturated carbocycles. The molecule has 5 nitrogen and oxygen atoms in total. The van der Waals surface area contributed by atoms with Gasteiger partial charge in [0.05, 0.1) is 12.3 Å². The minimum absolute atomic E-state index is 0.184. The highest BCUT2D eigenvalue weighted by molar-refractivity contribution is 6.01. The Kier molecular flexibility index (Phi) is 5.37. The van der Waals surface area contributed by atoms with E-state index < -0.39 is 11.8 Å². The number of carbonyl (C=O) groups is 1. The van der Waals surface area contributed by atoms with Gasteiger partial charge in [-0.05, 0) is 49.8 Å². The van der Waals surface area contributed by atoms with Crippen molar-refractivity contribution in [2.75, 3.05) is 11.9 Å². The predicted octanol–water partition coefficient (Wildman–Crippen LogP) is 4.38. The van der Waals surface area contributed by atoms with Gasteiger partial charge >= 0.3 is 6.18 Å². The quantitative estimate of drug-likeness (QED) is 0.716. The van der Waals surface area contributed by atoms with Crippen LogP contribution in [0.2, 0.25) is 0 Å². The number of ether oxygens (including phenoxy) is 1. The molecule has 0 spiro atoms.